The quantitative estimate of drug-likeness (QED) is 0.179. The first-order chi connectivity index (χ1) is 16.8. The van der Waals surface area contributed by atoms with Crippen molar-refractivity contribution in [2.75, 3.05) is 0 Å². The number of aromatic nitrogens is 1. The number of H-pyrrole nitrogens is 1. The number of carbonyl (C=O) groups excluding carboxylic acids is 3. The highest BCUT2D eigenvalue weighted by Gasteiger charge is 2.34. The number of benzene rings is 1. The fourth-order valence-electron chi connectivity index (χ4n) is 3.59. The summed E-state index contributed by atoms with van der Waals surface area (Å²) in [7, 11) is 0. The molecule has 198 valence electrons. The fourth-order valence-corrected chi connectivity index (χ4v) is 3.59. The Labute approximate surface area is 208 Å². The van der Waals surface area contributed by atoms with Gasteiger partial charge in [-0.05, 0) is 31.4 Å². The highest BCUT2D eigenvalue weighted by Crippen LogP contribution is 2.19. The van der Waals surface area contributed by atoms with Crippen LogP contribution in [0.4, 0.5) is 0 Å². The summed E-state index contributed by atoms with van der Waals surface area (Å²) in [5, 5.41) is 37.0. The van der Waals surface area contributed by atoms with Crippen LogP contribution in [0.25, 0.3) is 10.9 Å². The maximum absolute atomic E-state index is 13.3. The molecule has 12 nitrogen and oxygen atoms in total. The standard InChI is InChI=1S/C24H35N5O7/c1-11(2)18(25)22(33)27-17(9-14-10-26-16-8-6-5-7-15(14)16)21(32)28-19(12(3)30)23(34)29-20(13(4)31)24(35)36/h5-8,10-13,17-20,26,30-31H,9,25H2,1-4H3,(H,27,33)(H,28,32)(H,29,34)(H,35,36). The molecule has 0 spiro atoms. The number of aliphatic hydroxyl groups is 2. The van der Waals surface area contributed by atoms with Crippen molar-refractivity contribution in [1.82, 2.24) is 20.9 Å². The molecule has 1 aromatic carbocycles. The zero-order chi connectivity index (χ0) is 27.2. The summed E-state index contributed by atoms with van der Waals surface area (Å²) in [4.78, 5) is 53.1. The number of para-hydroxylation sites is 1. The van der Waals surface area contributed by atoms with Crippen LogP contribution in [0.15, 0.2) is 30.5 Å². The second-order valence-electron chi connectivity index (χ2n) is 9.19. The number of nitrogens with one attached hydrogen (secondary N) is 4. The molecule has 1 aromatic heterocycles. The van der Waals surface area contributed by atoms with E-state index in [0.717, 1.165) is 16.5 Å². The van der Waals surface area contributed by atoms with Gasteiger partial charge in [0.15, 0.2) is 6.04 Å². The van der Waals surface area contributed by atoms with Crippen LogP contribution in [0.3, 0.4) is 0 Å². The molecular weight excluding hydrogens is 470 g/mol. The number of carboxylic acid groups (broad SMARTS) is 1. The maximum Gasteiger partial charge on any atom is 0.328 e. The zero-order valence-electron chi connectivity index (χ0n) is 20.7. The molecule has 36 heavy (non-hydrogen) atoms. The van der Waals surface area contributed by atoms with Crippen molar-refractivity contribution in [1.29, 1.82) is 0 Å². The molecule has 3 amide bonds. The van der Waals surface area contributed by atoms with E-state index in [1.165, 1.54) is 13.8 Å². The Kier molecular flexibility index (Phi) is 9.96. The molecule has 0 saturated carbocycles. The number of carboxylic acids is 1. The third kappa shape index (κ3) is 7.26. The zero-order valence-corrected chi connectivity index (χ0v) is 20.7. The van der Waals surface area contributed by atoms with Crippen molar-refractivity contribution in [2.24, 2.45) is 11.7 Å². The summed E-state index contributed by atoms with van der Waals surface area (Å²) in [6, 6.07) is 2.13. The number of aromatic amines is 1. The Morgan fingerprint density at radius 3 is 2.03 bits per heavy atom. The van der Waals surface area contributed by atoms with Gasteiger partial charge in [-0.25, -0.2) is 4.79 Å². The van der Waals surface area contributed by atoms with E-state index in [4.69, 9.17) is 5.73 Å². The average molecular weight is 506 g/mol. The molecule has 2 rings (SSSR count). The van der Waals surface area contributed by atoms with Gasteiger partial charge in [-0.3, -0.25) is 14.4 Å². The van der Waals surface area contributed by atoms with Crippen LogP contribution in [-0.4, -0.2) is 80.4 Å². The van der Waals surface area contributed by atoms with Crippen molar-refractivity contribution >= 4 is 34.6 Å². The largest absolute Gasteiger partial charge is 0.480 e. The van der Waals surface area contributed by atoms with Crippen LogP contribution in [0.1, 0.15) is 33.3 Å². The van der Waals surface area contributed by atoms with Crippen molar-refractivity contribution in [3.8, 4) is 0 Å². The lowest BCUT2D eigenvalue weighted by Gasteiger charge is -2.27. The fraction of sp³-hybridized carbons (Fsp3) is 0.500. The molecule has 12 heteroatoms. The Morgan fingerprint density at radius 1 is 0.889 bits per heavy atom. The number of rotatable bonds is 12. The Hall–Kier alpha value is -3.48. The summed E-state index contributed by atoms with van der Waals surface area (Å²) in [5.74, 6) is -4.05. The van der Waals surface area contributed by atoms with Gasteiger partial charge < -0.3 is 42.0 Å². The molecule has 0 radical (unpaired) electrons. The van der Waals surface area contributed by atoms with Gasteiger partial charge >= 0.3 is 5.97 Å². The third-order valence-corrected chi connectivity index (χ3v) is 5.86. The summed E-state index contributed by atoms with van der Waals surface area (Å²) in [5.41, 5.74) is 7.50. The van der Waals surface area contributed by atoms with Crippen molar-refractivity contribution in [2.45, 2.75) is 70.5 Å². The van der Waals surface area contributed by atoms with Gasteiger partial charge in [0.1, 0.15) is 12.1 Å². The topological polar surface area (TPSA) is 207 Å². The SMILES string of the molecule is CC(C)C(N)C(=O)NC(Cc1c[nH]c2ccccc12)C(=O)NC(C(=O)NC(C(=O)O)C(C)O)C(C)O. The number of hydrogen-bond donors (Lipinski definition) is 8. The van der Waals surface area contributed by atoms with E-state index in [9.17, 15) is 34.5 Å². The van der Waals surface area contributed by atoms with Crippen LogP contribution in [0, 0.1) is 5.92 Å². The summed E-state index contributed by atoms with van der Waals surface area (Å²) in [6.45, 7) is 5.94. The number of amides is 3. The number of aliphatic carboxylic acids is 1. The van der Waals surface area contributed by atoms with Crippen molar-refractivity contribution in [3.05, 3.63) is 36.0 Å². The van der Waals surface area contributed by atoms with E-state index in [1.807, 2.05) is 24.3 Å². The molecule has 0 aliphatic carbocycles. The number of carbonyl (C=O) groups is 4. The van der Waals surface area contributed by atoms with E-state index in [-0.39, 0.29) is 12.3 Å². The highest BCUT2D eigenvalue weighted by atomic mass is 16.4. The number of fused-ring (bicyclic) bond motifs is 1. The predicted octanol–water partition coefficient (Wildman–Crippen LogP) is -1.01. The summed E-state index contributed by atoms with van der Waals surface area (Å²) in [6.07, 6.45) is -1.09. The van der Waals surface area contributed by atoms with Gasteiger partial charge in [0.05, 0.1) is 18.2 Å². The minimum absolute atomic E-state index is 0.0476. The van der Waals surface area contributed by atoms with Crippen LogP contribution < -0.4 is 21.7 Å². The van der Waals surface area contributed by atoms with Gasteiger partial charge in [0, 0.05) is 23.5 Å². The van der Waals surface area contributed by atoms with Crippen LogP contribution in [-0.2, 0) is 25.6 Å². The van der Waals surface area contributed by atoms with Crippen molar-refractivity contribution < 1.29 is 34.5 Å². The number of aliphatic hydroxyl groups excluding tert-OH is 2. The smallest absolute Gasteiger partial charge is 0.328 e. The molecule has 2 aromatic rings. The second-order valence-corrected chi connectivity index (χ2v) is 9.19. The first-order valence-electron chi connectivity index (χ1n) is 11.6. The van der Waals surface area contributed by atoms with E-state index >= 15 is 0 Å². The van der Waals surface area contributed by atoms with E-state index in [2.05, 4.69) is 20.9 Å². The monoisotopic (exact) mass is 505 g/mol. The normalized spacial score (nSPS) is 16.4. The molecule has 0 aliphatic rings. The minimum Gasteiger partial charge on any atom is -0.480 e. The lowest BCUT2D eigenvalue weighted by atomic mass is 10.0. The minimum atomic E-state index is -1.65. The molecule has 6 unspecified atom stereocenters. The second kappa shape index (κ2) is 12.5. The molecule has 0 bridgehead atoms. The number of hydrogen-bond acceptors (Lipinski definition) is 7. The molecule has 9 N–H and O–H groups in total. The first-order valence-corrected chi connectivity index (χ1v) is 11.6. The predicted molar refractivity (Wildman–Crippen MR) is 132 cm³/mol. The number of nitrogens with two attached hydrogens (primary N) is 1. The van der Waals surface area contributed by atoms with Gasteiger partial charge in [0.25, 0.3) is 0 Å². The average Bonchev–Trinajstić information content (AvgIpc) is 3.21. The molecule has 6 atom stereocenters. The Bertz CT molecular complexity index is 1080. The Balaban J connectivity index is 2.30. The lowest BCUT2D eigenvalue weighted by molar-refractivity contribution is -0.146. The maximum atomic E-state index is 13.3. The molecule has 0 fully saturated rings. The van der Waals surface area contributed by atoms with E-state index in [0.29, 0.717) is 0 Å². The van der Waals surface area contributed by atoms with Crippen molar-refractivity contribution in [3.63, 3.8) is 0 Å². The molecule has 1 heterocycles. The summed E-state index contributed by atoms with van der Waals surface area (Å²) < 4.78 is 0. The van der Waals surface area contributed by atoms with Crippen LogP contribution in [0.5, 0.6) is 0 Å². The van der Waals surface area contributed by atoms with Gasteiger partial charge in [-0.15, -0.1) is 0 Å². The van der Waals surface area contributed by atoms with E-state index in [1.54, 1.807) is 20.0 Å². The Morgan fingerprint density at radius 2 is 1.47 bits per heavy atom. The third-order valence-electron chi connectivity index (χ3n) is 5.86. The van der Waals surface area contributed by atoms with Gasteiger partial charge in [0.2, 0.25) is 17.7 Å². The van der Waals surface area contributed by atoms with E-state index < -0.39 is 60.1 Å². The van der Waals surface area contributed by atoms with Gasteiger partial charge in [-0.1, -0.05) is 32.0 Å². The van der Waals surface area contributed by atoms with Crippen LogP contribution in [0.2, 0.25) is 0 Å². The van der Waals surface area contributed by atoms with Crippen LogP contribution >= 0.6 is 0 Å². The lowest BCUT2D eigenvalue weighted by Crippen LogP contribution is -2.61. The van der Waals surface area contributed by atoms with Gasteiger partial charge in [-0.2, -0.15) is 0 Å². The first kappa shape index (κ1) is 28.8. The summed E-state index contributed by atoms with van der Waals surface area (Å²) >= 11 is 0. The molecule has 0 aliphatic heterocycles. The molecular formula is C24H35N5O7. The highest BCUT2D eigenvalue weighted by molar-refractivity contribution is 5.95. The molecule has 0 saturated heterocycles.